The quantitative estimate of drug-likeness (QED) is 0.174. The summed E-state index contributed by atoms with van der Waals surface area (Å²) in [6.07, 6.45) is -0.0989. The summed E-state index contributed by atoms with van der Waals surface area (Å²) in [6.45, 7) is 1.73. The van der Waals surface area contributed by atoms with Gasteiger partial charge in [-0.25, -0.2) is 0 Å². The van der Waals surface area contributed by atoms with E-state index in [1.54, 1.807) is 79.7 Å². The fourth-order valence-electron chi connectivity index (χ4n) is 6.45. The van der Waals surface area contributed by atoms with Crippen LogP contribution in [0.25, 0.3) is 0 Å². The van der Waals surface area contributed by atoms with Crippen molar-refractivity contribution in [2.45, 2.75) is 30.8 Å². The number of ether oxygens (including phenoxy) is 1. The van der Waals surface area contributed by atoms with Gasteiger partial charge in [0.1, 0.15) is 5.60 Å². The molecule has 0 unspecified atom stereocenters. The van der Waals surface area contributed by atoms with E-state index in [1.165, 1.54) is 0 Å². The lowest BCUT2D eigenvalue weighted by molar-refractivity contribution is -0.164. The van der Waals surface area contributed by atoms with Crippen LogP contribution in [0.3, 0.4) is 0 Å². The van der Waals surface area contributed by atoms with Crippen molar-refractivity contribution >= 4 is 35.0 Å². The molecule has 1 aliphatic carbocycles. The number of nitrogens with zero attached hydrogens (tertiary/aromatic N) is 1. The number of halogens is 2. The first-order valence-electron chi connectivity index (χ1n) is 13.7. The third-order valence-electron chi connectivity index (χ3n) is 8.32. The monoisotopic (exact) mass is 597 g/mol. The number of ketones is 1. The van der Waals surface area contributed by atoms with Crippen LogP contribution in [0.15, 0.2) is 109 Å². The van der Waals surface area contributed by atoms with Crippen LogP contribution in [-0.2, 0) is 15.1 Å². The van der Waals surface area contributed by atoms with Gasteiger partial charge < -0.3 is 9.84 Å². The fourth-order valence-corrected chi connectivity index (χ4v) is 6.70. The van der Waals surface area contributed by atoms with Gasteiger partial charge >= 0.3 is 5.97 Å². The Morgan fingerprint density at radius 3 is 1.90 bits per heavy atom. The second-order valence-electron chi connectivity index (χ2n) is 10.5. The third kappa shape index (κ3) is 5.12. The summed E-state index contributed by atoms with van der Waals surface area (Å²) in [6, 6.07) is 33.6. The molecule has 212 valence electrons. The number of esters is 1. The predicted molar refractivity (Wildman–Crippen MR) is 162 cm³/mol. The lowest BCUT2D eigenvalue weighted by atomic mass is 9.47. The van der Waals surface area contributed by atoms with Crippen LogP contribution in [0.4, 0.5) is 0 Å². The zero-order valence-electron chi connectivity index (χ0n) is 22.9. The zero-order valence-corrected chi connectivity index (χ0v) is 24.4. The van der Waals surface area contributed by atoms with Crippen molar-refractivity contribution in [2.24, 2.45) is 11.3 Å². The lowest BCUT2D eigenvalue weighted by Crippen LogP contribution is -2.59. The van der Waals surface area contributed by atoms with E-state index in [0.717, 1.165) is 0 Å². The average molecular weight is 599 g/mol. The standard InChI is InChI=1S/C35H29Cl2NO4/c1-2-42-33(40)34(22-38)29(23-9-5-3-6-10-23)21-35(41,26-15-19-28(37)20-16-26)31(30(34)24-11-7-4-8-12-24)32(39)25-13-17-27(36)18-14-25/h3-20,29-31,41H,2,21H2,1H3/t29-,30+,31+,34-,35+/m1/s1. The Labute approximate surface area is 255 Å². The number of benzene rings is 4. The van der Waals surface area contributed by atoms with Crippen molar-refractivity contribution in [2.75, 3.05) is 6.61 Å². The number of carbonyl (C=O) groups excluding carboxylic acids is 2. The van der Waals surface area contributed by atoms with Crippen LogP contribution >= 0.6 is 23.2 Å². The van der Waals surface area contributed by atoms with E-state index in [0.29, 0.717) is 32.3 Å². The predicted octanol–water partition coefficient (Wildman–Crippen LogP) is 7.72. The molecule has 0 spiro atoms. The molecule has 0 aromatic heterocycles. The molecule has 0 saturated heterocycles. The number of hydrogen-bond donors (Lipinski definition) is 1. The van der Waals surface area contributed by atoms with E-state index in [2.05, 4.69) is 6.07 Å². The first-order chi connectivity index (χ1) is 20.3. The number of hydrogen-bond acceptors (Lipinski definition) is 5. The molecule has 5 nitrogen and oxygen atoms in total. The van der Waals surface area contributed by atoms with Gasteiger partial charge in [-0.05, 0) is 66.4 Å². The number of rotatable bonds is 7. The minimum absolute atomic E-state index is 0.0442. The molecule has 4 aromatic carbocycles. The van der Waals surface area contributed by atoms with Crippen LogP contribution in [0.2, 0.25) is 10.0 Å². The first kappa shape index (κ1) is 29.5. The highest BCUT2D eigenvalue weighted by atomic mass is 35.5. The van der Waals surface area contributed by atoms with Crippen LogP contribution in [-0.4, -0.2) is 23.5 Å². The number of carbonyl (C=O) groups is 2. The molecule has 5 rings (SSSR count). The van der Waals surface area contributed by atoms with Crippen molar-refractivity contribution in [3.63, 3.8) is 0 Å². The Kier molecular flexibility index (Phi) is 8.52. The molecule has 0 bridgehead atoms. The Balaban J connectivity index is 1.88. The highest BCUT2D eigenvalue weighted by Crippen LogP contribution is 2.63. The van der Waals surface area contributed by atoms with Crippen LogP contribution in [0.5, 0.6) is 0 Å². The Morgan fingerprint density at radius 2 is 1.38 bits per heavy atom. The highest BCUT2D eigenvalue weighted by molar-refractivity contribution is 6.31. The first-order valence-corrected chi connectivity index (χ1v) is 14.5. The summed E-state index contributed by atoms with van der Waals surface area (Å²) < 4.78 is 5.63. The van der Waals surface area contributed by atoms with E-state index in [4.69, 9.17) is 27.9 Å². The summed E-state index contributed by atoms with van der Waals surface area (Å²) in [7, 11) is 0. The minimum Gasteiger partial charge on any atom is -0.465 e. The Bertz CT molecular complexity index is 1600. The SMILES string of the molecule is CCOC(=O)[C@]1(C#N)[C@@H](c2ccccc2)C[C@](O)(c2ccc(Cl)cc2)[C@H](C(=O)c2ccc(Cl)cc2)[C@@H]1c1ccccc1. The minimum atomic E-state index is -1.86. The molecule has 1 saturated carbocycles. The van der Waals surface area contributed by atoms with Gasteiger partial charge in [0.25, 0.3) is 0 Å². The second-order valence-corrected chi connectivity index (χ2v) is 11.4. The van der Waals surface area contributed by atoms with Gasteiger partial charge in [-0.1, -0.05) is 96.0 Å². The van der Waals surface area contributed by atoms with Crippen molar-refractivity contribution < 1.29 is 19.4 Å². The van der Waals surface area contributed by atoms with Gasteiger partial charge in [-0.3, -0.25) is 9.59 Å². The summed E-state index contributed by atoms with van der Waals surface area (Å²) in [5.41, 5.74) is -1.67. The van der Waals surface area contributed by atoms with E-state index >= 15 is 0 Å². The van der Waals surface area contributed by atoms with Crippen molar-refractivity contribution in [1.82, 2.24) is 0 Å². The fraction of sp³-hybridized carbons (Fsp3) is 0.229. The average Bonchev–Trinajstić information content (AvgIpc) is 3.02. The van der Waals surface area contributed by atoms with E-state index in [9.17, 15) is 20.0 Å². The third-order valence-corrected chi connectivity index (χ3v) is 8.82. The van der Waals surface area contributed by atoms with Crippen molar-refractivity contribution in [3.8, 4) is 6.07 Å². The highest BCUT2D eigenvalue weighted by Gasteiger charge is 2.67. The van der Waals surface area contributed by atoms with Crippen molar-refractivity contribution in [3.05, 3.63) is 141 Å². The van der Waals surface area contributed by atoms with Gasteiger partial charge in [0.2, 0.25) is 0 Å². The Hall–Kier alpha value is -3.95. The molecule has 0 amide bonds. The topological polar surface area (TPSA) is 87.4 Å². The molecule has 0 heterocycles. The molecular weight excluding hydrogens is 569 g/mol. The smallest absolute Gasteiger partial charge is 0.327 e. The van der Waals surface area contributed by atoms with Crippen LogP contribution < -0.4 is 0 Å². The van der Waals surface area contributed by atoms with E-state index < -0.39 is 40.5 Å². The van der Waals surface area contributed by atoms with Gasteiger partial charge in [0, 0.05) is 27.4 Å². The summed E-state index contributed by atoms with van der Waals surface area (Å²) in [5, 5.41) is 25.0. The molecule has 5 atom stereocenters. The summed E-state index contributed by atoms with van der Waals surface area (Å²) in [5.74, 6) is -4.34. The number of aliphatic hydroxyl groups is 1. The van der Waals surface area contributed by atoms with E-state index in [1.807, 2.05) is 36.4 Å². The second kappa shape index (κ2) is 12.1. The largest absolute Gasteiger partial charge is 0.465 e. The molecule has 7 heteroatoms. The molecule has 4 aromatic rings. The molecule has 0 radical (unpaired) electrons. The molecular formula is C35H29Cl2NO4. The van der Waals surface area contributed by atoms with Gasteiger partial charge in [-0.2, -0.15) is 5.26 Å². The van der Waals surface area contributed by atoms with Crippen LogP contribution in [0, 0.1) is 22.7 Å². The Morgan fingerprint density at radius 1 is 0.857 bits per heavy atom. The number of nitriles is 1. The zero-order chi connectivity index (χ0) is 29.9. The molecule has 1 N–H and O–H groups in total. The normalized spacial score (nSPS) is 25.3. The summed E-state index contributed by atoms with van der Waals surface area (Å²) in [4.78, 5) is 28.9. The van der Waals surface area contributed by atoms with E-state index in [-0.39, 0.29) is 13.0 Å². The maximum absolute atomic E-state index is 14.7. The maximum atomic E-state index is 14.7. The molecule has 0 aliphatic heterocycles. The summed E-state index contributed by atoms with van der Waals surface area (Å²) >= 11 is 12.4. The lowest BCUT2D eigenvalue weighted by Gasteiger charge is -2.54. The molecule has 1 fully saturated rings. The van der Waals surface area contributed by atoms with Gasteiger partial charge in [0.05, 0.1) is 18.6 Å². The van der Waals surface area contributed by atoms with Crippen LogP contribution in [0.1, 0.15) is 52.2 Å². The van der Waals surface area contributed by atoms with Gasteiger partial charge in [-0.15, -0.1) is 0 Å². The van der Waals surface area contributed by atoms with Crippen molar-refractivity contribution in [1.29, 1.82) is 5.26 Å². The molecule has 1 aliphatic rings. The molecule has 42 heavy (non-hydrogen) atoms. The number of Topliss-reactive ketones (excluding diaryl/α,β-unsaturated/α-hetero) is 1. The maximum Gasteiger partial charge on any atom is 0.327 e. The van der Waals surface area contributed by atoms with Gasteiger partial charge in [0.15, 0.2) is 11.2 Å².